The van der Waals surface area contributed by atoms with Crippen LogP contribution >= 0.6 is 0 Å². The van der Waals surface area contributed by atoms with Crippen molar-refractivity contribution < 1.29 is 34.3 Å². The molecule has 0 radical (unpaired) electrons. The van der Waals surface area contributed by atoms with Crippen LogP contribution in [0.2, 0.25) is 0 Å². The van der Waals surface area contributed by atoms with Gasteiger partial charge in [0.05, 0.1) is 0 Å². The van der Waals surface area contributed by atoms with Crippen molar-refractivity contribution in [2.24, 2.45) is 0 Å². The summed E-state index contributed by atoms with van der Waals surface area (Å²) in [4.78, 5) is 43.9. The van der Waals surface area contributed by atoms with Crippen LogP contribution in [-0.2, 0) is 4.79 Å². The number of anilines is 4. The Balaban J connectivity index is 1.39. The van der Waals surface area contributed by atoms with Gasteiger partial charge >= 0.3 is 242 Å². The molecule has 1 atom stereocenters. The zero-order chi connectivity index (χ0) is 27.5. The molecule has 1 aliphatic carbocycles. The second-order valence-corrected chi connectivity index (χ2v) is 12.0. The number of carbonyl (C=O) groups is 2. The Hall–Kier alpha value is -2.67. The number of piperidine rings is 1. The number of likely N-dealkylation sites (N-methyl/N-ethyl adjacent to an activating group) is 1. The summed E-state index contributed by atoms with van der Waals surface area (Å²) < 4.78 is 6.03. The number of halogens is 1. The predicted octanol–water partition coefficient (Wildman–Crippen LogP) is 0.561. The molecular formula is C28H39IN7O3-. The summed E-state index contributed by atoms with van der Waals surface area (Å²) in [6, 6.07) is 5.76. The molecule has 0 spiro atoms. The van der Waals surface area contributed by atoms with E-state index in [-0.39, 0.29) is 23.9 Å². The molecule has 0 bridgehead atoms. The minimum atomic E-state index is -0.532. The van der Waals surface area contributed by atoms with E-state index in [4.69, 9.17) is 8.05 Å². The number of likely N-dealkylation sites (tertiary alicyclic amines) is 1. The van der Waals surface area contributed by atoms with Crippen molar-refractivity contribution in [3.8, 4) is 5.75 Å². The third kappa shape index (κ3) is 5.93. The van der Waals surface area contributed by atoms with Crippen LogP contribution in [0.1, 0.15) is 62.2 Å². The third-order valence-electron chi connectivity index (χ3n) is 8.12. The van der Waals surface area contributed by atoms with Crippen LogP contribution in [0.25, 0.3) is 0 Å². The predicted molar refractivity (Wildman–Crippen MR) is 149 cm³/mol. The van der Waals surface area contributed by atoms with Crippen molar-refractivity contribution in [1.82, 2.24) is 20.2 Å². The number of hydrogen-bond acceptors (Lipinski definition) is 8. The molecule has 11 heteroatoms. The number of alkyl halides is 1. The normalized spacial score (nSPS) is 20.8. The number of benzene rings is 1. The second-order valence-electron chi connectivity index (χ2n) is 10.7. The van der Waals surface area contributed by atoms with Crippen molar-refractivity contribution in [2.75, 3.05) is 47.2 Å². The van der Waals surface area contributed by atoms with Gasteiger partial charge in [-0.05, 0) is 0 Å². The van der Waals surface area contributed by atoms with E-state index >= 15 is 0 Å². The Bertz CT molecular complexity index is 1200. The first-order chi connectivity index (χ1) is 18.9. The number of amides is 2. The number of aromatic nitrogens is 2. The van der Waals surface area contributed by atoms with E-state index in [1.807, 2.05) is 17.1 Å². The van der Waals surface area contributed by atoms with Gasteiger partial charge in [0.2, 0.25) is 0 Å². The number of rotatable bonds is 8. The molecule has 2 fully saturated rings. The first-order valence-electron chi connectivity index (χ1n) is 13.9. The van der Waals surface area contributed by atoms with Gasteiger partial charge < -0.3 is 0 Å². The summed E-state index contributed by atoms with van der Waals surface area (Å²) in [6.45, 7) is 4.04. The van der Waals surface area contributed by atoms with E-state index in [1.54, 1.807) is 24.2 Å². The van der Waals surface area contributed by atoms with Crippen LogP contribution in [0.3, 0.4) is 0 Å². The Morgan fingerprint density at radius 3 is 2.59 bits per heavy atom. The van der Waals surface area contributed by atoms with Gasteiger partial charge in [-0.3, -0.25) is 0 Å². The summed E-state index contributed by atoms with van der Waals surface area (Å²) in [5, 5.41) is 6.52. The van der Waals surface area contributed by atoms with Gasteiger partial charge in [0.25, 0.3) is 0 Å². The Morgan fingerprint density at radius 1 is 1.15 bits per heavy atom. The average molecular weight is 649 g/mol. The van der Waals surface area contributed by atoms with Gasteiger partial charge in [-0.2, -0.15) is 0 Å². The monoisotopic (exact) mass is 648 g/mol. The Kier molecular flexibility index (Phi) is 8.75. The van der Waals surface area contributed by atoms with Gasteiger partial charge in [0.15, 0.2) is 0 Å². The van der Waals surface area contributed by atoms with Crippen LogP contribution in [0, 0.1) is 0 Å². The molecule has 3 heterocycles. The summed E-state index contributed by atoms with van der Waals surface area (Å²) >= 11 is -0.532. The molecule has 1 saturated carbocycles. The first-order valence-corrected chi connectivity index (χ1v) is 16.9. The molecule has 212 valence electrons. The van der Waals surface area contributed by atoms with E-state index in [2.05, 4.69) is 39.4 Å². The molecule has 1 aromatic carbocycles. The Morgan fingerprint density at radius 2 is 1.90 bits per heavy atom. The van der Waals surface area contributed by atoms with Crippen LogP contribution in [0.5, 0.6) is 5.75 Å². The fourth-order valence-electron chi connectivity index (χ4n) is 5.90. The van der Waals surface area contributed by atoms with Gasteiger partial charge in [0.1, 0.15) is 0 Å². The number of fused-ring (bicyclic) bond motifs is 1. The fourth-order valence-corrected chi connectivity index (χ4v) is 6.74. The van der Waals surface area contributed by atoms with Crippen LogP contribution in [-0.4, -0.2) is 76.9 Å². The average Bonchev–Trinajstić information content (AvgIpc) is 3.47. The summed E-state index contributed by atoms with van der Waals surface area (Å²) in [5.74, 6) is 1.88. The summed E-state index contributed by atoms with van der Waals surface area (Å²) in [7, 11) is 3.91. The van der Waals surface area contributed by atoms with E-state index in [9.17, 15) is 9.59 Å². The van der Waals surface area contributed by atoms with Gasteiger partial charge in [-0.1, -0.05) is 0 Å². The summed E-state index contributed by atoms with van der Waals surface area (Å²) in [5.41, 5.74) is 2.03. The Labute approximate surface area is 241 Å². The number of nitrogens with zero attached hydrogens (tertiary/aromatic N) is 5. The molecule has 1 saturated heterocycles. The van der Waals surface area contributed by atoms with Crippen LogP contribution < -0.4 is 45.1 Å². The van der Waals surface area contributed by atoms with Gasteiger partial charge in [-0.15, -0.1) is 0 Å². The second kappa shape index (κ2) is 12.2. The molecule has 10 nitrogen and oxygen atoms in total. The molecule has 1 unspecified atom stereocenters. The van der Waals surface area contributed by atoms with Gasteiger partial charge in [0, 0.05) is 0 Å². The number of hydrogen-bond donors (Lipinski definition) is 2. The minimum absolute atomic E-state index is 0.0780. The molecule has 1 aromatic heterocycles. The van der Waals surface area contributed by atoms with Crippen LogP contribution in [0.4, 0.5) is 23.1 Å². The third-order valence-corrected chi connectivity index (χ3v) is 9.03. The first kappa shape index (κ1) is 27.9. The molecule has 2 aromatic rings. The van der Waals surface area contributed by atoms with Crippen molar-refractivity contribution in [3.05, 3.63) is 30.0 Å². The summed E-state index contributed by atoms with van der Waals surface area (Å²) in [6.07, 6.45) is 8.85. The zero-order valence-corrected chi connectivity index (χ0v) is 25.4. The van der Waals surface area contributed by atoms with E-state index < -0.39 is 21.6 Å². The zero-order valence-electron chi connectivity index (χ0n) is 23.2. The van der Waals surface area contributed by atoms with Gasteiger partial charge in [-0.25, -0.2) is 0 Å². The molecule has 2 aliphatic heterocycles. The van der Waals surface area contributed by atoms with Crippen molar-refractivity contribution in [3.63, 3.8) is 0 Å². The maximum absolute atomic E-state index is 13.2. The van der Waals surface area contributed by atoms with Crippen molar-refractivity contribution >= 4 is 35.0 Å². The van der Waals surface area contributed by atoms with E-state index in [1.165, 1.54) is 12.8 Å². The van der Waals surface area contributed by atoms with E-state index in [0.717, 1.165) is 56.7 Å². The topological polar surface area (TPSA) is 103 Å². The SMILES string of the molecule is CCC1C(=O)N(C)c2cnc(Nc3ccc(C(=O)NC4CCN(C)CC4)cc3O[I-]C)nc2N1C1CCCC1. The van der Waals surface area contributed by atoms with Crippen molar-refractivity contribution in [1.29, 1.82) is 0 Å². The standard InChI is InChI=1S/C28H39IN7O3/c1-5-22-27(38)35(4)23-17-30-28(33-25(23)36(22)20-8-6-7-9-20)32-21-11-10-18(16-24(21)39-29-2)26(37)31-19-12-14-34(3)15-13-19/h10-11,16-17,19-20,22H,5-9,12-15H2,1-4H3,(H,31,37)(H,30,32,33)/q-1. The maximum atomic E-state index is 13.2. The van der Waals surface area contributed by atoms with E-state index in [0.29, 0.717) is 29.0 Å². The quantitative estimate of drug-likeness (QED) is 0.317. The fraction of sp³-hybridized carbons (Fsp3) is 0.571. The molecular weight excluding hydrogens is 609 g/mol. The number of carbonyl (C=O) groups excluding carboxylic acids is 2. The number of nitrogens with one attached hydrogen (secondary N) is 2. The molecule has 2 N–H and O–H groups in total. The molecule has 5 rings (SSSR count). The van der Waals surface area contributed by atoms with Crippen LogP contribution in [0.15, 0.2) is 24.4 Å². The van der Waals surface area contributed by atoms with Crippen molar-refractivity contribution in [2.45, 2.75) is 70.0 Å². The molecule has 2 amide bonds. The molecule has 39 heavy (non-hydrogen) atoms. The molecule has 3 aliphatic rings.